The van der Waals surface area contributed by atoms with Crippen LogP contribution in [0.5, 0.6) is 0 Å². The molecule has 1 N–H and O–H groups in total. The number of carbonyl (C=O) groups excluding carboxylic acids is 3. The Hall–Kier alpha value is -1.65. The molecular formula is C23H35NO4. The Morgan fingerprint density at radius 3 is 2.46 bits per heavy atom. The molecule has 2 fully saturated rings. The molecule has 0 heterocycles. The molecule has 3 atom stereocenters. The van der Waals surface area contributed by atoms with Crippen LogP contribution >= 0.6 is 0 Å². The zero-order valence-corrected chi connectivity index (χ0v) is 18.2. The second kappa shape index (κ2) is 6.70. The highest BCUT2D eigenvalue weighted by Gasteiger charge is 2.59. The number of amides is 1. The maximum Gasteiger partial charge on any atom is 0.407 e. The van der Waals surface area contributed by atoms with Gasteiger partial charge in [0.05, 0.1) is 0 Å². The minimum atomic E-state index is -0.541. The Bertz CT molecular complexity index is 729. The molecule has 0 unspecified atom stereocenters. The molecule has 0 aromatic carbocycles. The first-order chi connectivity index (χ1) is 12.8. The van der Waals surface area contributed by atoms with Gasteiger partial charge in [-0.1, -0.05) is 26.3 Å². The normalized spacial score (nSPS) is 34.8. The Morgan fingerprint density at radius 1 is 1.14 bits per heavy atom. The Balaban J connectivity index is 1.91. The van der Waals surface area contributed by atoms with Gasteiger partial charge in [0.25, 0.3) is 0 Å². The first-order valence-electron chi connectivity index (χ1n) is 10.6. The fraction of sp³-hybridized carbons (Fsp3) is 0.783. The number of allylic oxidation sites excluding steroid dienone is 1. The van der Waals surface area contributed by atoms with Crippen LogP contribution in [0, 0.1) is 22.2 Å². The van der Waals surface area contributed by atoms with Gasteiger partial charge in [0.1, 0.15) is 11.4 Å². The van der Waals surface area contributed by atoms with Gasteiger partial charge in [-0.3, -0.25) is 9.59 Å². The monoisotopic (exact) mass is 389 g/mol. The molecular weight excluding hydrogens is 354 g/mol. The van der Waals surface area contributed by atoms with Crippen LogP contribution < -0.4 is 5.32 Å². The van der Waals surface area contributed by atoms with Gasteiger partial charge in [0, 0.05) is 30.2 Å². The van der Waals surface area contributed by atoms with E-state index < -0.39 is 11.7 Å². The van der Waals surface area contributed by atoms with Gasteiger partial charge in [-0.05, 0) is 63.9 Å². The summed E-state index contributed by atoms with van der Waals surface area (Å²) < 4.78 is 5.42. The summed E-state index contributed by atoms with van der Waals surface area (Å²) in [7, 11) is 0. The molecule has 3 rings (SSSR count). The van der Waals surface area contributed by atoms with Crippen LogP contribution in [-0.4, -0.2) is 29.8 Å². The van der Waals surface area contributed by atoms with Gasteiger partial charge in [0.15, 0.2) is 5.78 Å². The quantitative estimate of drug-likeness (QED) is 0.749. The van der Waals surface area contributed by atoms with Crippen molar-refractivity contribution in [3.05, 3.63) is 11.6 Å². The summed E-state index contributed by atoms with van der Waals surface area (Å²) in [5, 5.41) is 2.98. The van der Waals surface area contributed by atoms with E-state index in [1.54, 1.807) is 0 Å². The minimum Gasteiger partial charge on any atom is -0.444 e. The first kappa shape index (κ1) is 21.1. The lowest BCUT2D eigenvalue weighted by Gasteiger charge is -2.60. The van der Waals surface area contributed by atoms with Crippen LogP contribution in [0.3, 0.4) is 0 Å². The minimum absolute atomic E-state index is 0.166. The maximum atomic E-state index is 12.6. The van der Waals surface area contributed by atoms with Crippen LogP contribution in [0.4, 0.5) is 4.79 Å². The Morgan fingerprint density at radius 2 is 1.82 bits per heavy atom. The standard InChI is InChI=1S/C23H35NO4/c1-20(2,3)28-19(27)24-14-23-11-7-15(25)13-17(23)22(6)10-9-18(26)21(4,5)16(22)8-12-23/h13,16H,7-12,14H2,1-6H3,(H,24,27)/t16-,22-,23+/m0/s1. The SMILES string of the molecule is CC(C)(C)OC(=O)NC[C@]12CCC(=O)C=C1[C@@]1(C)CCC(=O)C(C)(C)[C@@H]1CC2. The maximum absolute atomic E-state index is 12.6. The van der Waals surface area contributed by atoms with Gasteiger partial charge in [0.2, 0.25) is 0 Å². The molecule has 2 saturated carbocycles. The van der Waals surface area contributed by atoms with Crippen molar-refractivity contribution in [2.24, 2.45) is 22.2 Å². The van der Waals surface area contributed by atoms with Crippen LogP contribution in [-0.2, 0) is 14.3 Å². The number of alkyl carbamates (subject to hydrolysis) is 1. The molecule has 1 amide bonds. The van der Waals surface area contributed by atoms with Gasteiger partial charge in [-0.2, -0.15) is 0 Å². The number of hydrogen-bond donors (Lipinski definition) is 1. The number of Topliss-reactive ketones (excluding diaryl/α,β-unsaturated/α-hetero) is 1. The van der Waals surface area contributed by atoms with E-state index >= 15 is 0 Å². The van der Waals surface area contributed by atoms with Gasteiger partial charge in [-0.25, -0.2) is 4.79 Å². The lowest BCUT2D eigenvalue weighted by Crippen LogP contribution is -2.57. The molecule has 3 aliphatic carbocycles. The number of carbonyl (C=O) groups is 3. The number of ether oxygens (including phenoxy) is 1. The third-order valence-electron chi connectivity index (χ3n) is 7.45. The highest BCUT2D eigenvalue weighted by molar-refractivity contribution is 5.92. The molecule has 0 aliphatic heterocycles. The largest absolute Gasteiger partial charge is 0.444 e. The average molecular weight is 390 g/mol. The van der Waals surface area contributed by atoms with Crippen molar-refractivity contribution in [3.8, 4) is 0 Å². The number of ketones is 2. The molecule has 0 radical (unpaired) electrons. The first-order valence-corrected chi connectivity index (χ1v) is 10.6. The average Bonchev–Trinajstić information content (AvgIpc) is 2.56. The van der Waals surface area contributed by atoms with E-state index in [1.165, 1.54) is 0 Å². The van der Waals surface area contributed by atoms with Crippen molar-refractivity contribution < 1.29 is 19.1 Å². The van der Waals surface area contributed by atoms with E-state index in [0.29, 0.717) is 25.2 Å². The zero-order valence-electron chi connectivity index (χ0n) is 18.2. The molecule has 156 valence electrons. The molecule has 0 bridgehead atoms. The lowest BCUT2D eigenvalue weighted by molar-refractivity contribution is -0.141. The second-order valence-corrected chi connectivity index (χ2v) is 10.8. The lowest BCUT2D eigenvalue weighted by atomic mass is 9.43. The van der Waals surface area contributed by atoms with Crippen molar-refractivity contribution in [2.75, 3.05) is 6.54 Å². The van der Waals surface area contributed by atoms with Gasteiger partial charge in [-0.15, -0.1) is 0 Å². The topological polar surface area (TPSA) is 72.5 Å². The predicted octanol–water partition coefficient (Wildman–Crippen LogP) is 4.59. The summed E-state index contributed by atoms with van der Waals surface area (Å²) >= 11 is 0. The van der Waals surface area contributed by atoms with Crippen molar-refractivity contribution >= 4 is 17.7 Å². The molecule has 0 saturated heterocycles. The van der Waals surface area contributed by atoms with E-state index in [4.69, 9.17) is 4.74 Å². The fourth-order valence-corrected chi connectivity index (χ4v) is 6.02. The van der Waals surface area contributed by atoms with Crippen molar-refractivity contribution in [1.82, 2.24) is 5.32 Å². The fourth-order valence-electron chi connectivity index (χ4n) is 6.02. The summed E-state index contributed by atoms with van der Waals surface area (Å²) in [5.41, 5.74) is -0.156. The summed E-state index contributed by atoms with van der Waals surface area (Å²) in [6.07, 6.45) is 5.87. The summed E-state index contributed by atoms with van der Waals surface area (Å²) in [4.78, 5) is 37.3. The van der Waals surface area contributed by atoms with Gasteiger partial charge < -0.3 is 10.1 Å². The van der Waals surface area contributed by atoms with Crippen molar-refractivity contribution in [1.29, 1.82) is 0 Å². The number of hydrogen-bond acceptors (Lipinski definition) is 4. The summed E-state index contributed by atoms with van der Waals surface area (Å²) in [6.45, 7) is 12.4. The van der Waals surface area contributed by atoms with E-state index in [9.17, 15) is 14.4 Å². The van der Waals surface area contributed by atoms with Crippen LogP contribution in [0.2, 0.25) is 0 Å². The molecule has 5 nitrogen and oxygen atoms in total. The third-order valence-corrected chi connectivity index (χ3v) is 7.45. The van der Waals surface area contributed by atoms with E-state index in [0.717, 1.165) is 31.3 Å². The number of fused-ring (bicyclic) bond motifs is 3. The van der Waals surface area contributed by atoms with Gasteiger partial charge >= 0.3 is 6.09 Å². The molecule has 5 heteroatoms. The molecule has 3 aliphatic rings. The smallest absolute Gasteiger partial charge is 0.407 e. The van der Waals surface area contributed by atoms with Crippen molar-refractivity contribution in [3.63, 3.8) is 0 Å². The van der Waals surface area contributed by atoms with Crippen molar-refractivity contribution in [2.45, 2.75) is 85.7 Å². The van der Waals surface area contributed by atoms with E-state index in [-0.39, 0.29) is 27.9 Å². The van der Waals surface area contributed by atoms with Crippen LogP contribution in [0.1, 0.15) is 80.1 Å². The second-order valence-electron chi connectivity index (χ2n) is 10.8. The molecule has 28 heavy (non-hydrogen) atoms. The predicted molar refractivity (Wildman–Crippen MR) is 108 cm³/mol. The highest BCUT2D eigenvalue weighted by Crippen LogP contribution is 2.64. The third kappa shape index (κ3) is 3.53. The van der Waals surface area contributed by atoms with Crippen LogP contribution in [0.15, 0.2) is 11.6 Å². The molecule has 0 aromatic rings. The summed E-state index contributed by atoms with van der Waals surface area (Å²) in [6, 6.07) is 0. The Kier molecular flexibility index (Phi) is 5.04. The molecule has 0 aromatic heterocycles. The van der Waals surface area contributed by atoms with E-state index in [2.05, 4.69) is 26.1 Å². The highest BCUT2D eigenvalue weighted by atomic mass is 16.6. The zero-order chi connectivity index (χ0) is 21.0. The number of rotatable bonds is 2. The number of nitrogens with one attached hydrogen (secondary N) is 1. The molecule has 0 spiro atoms. The summed E-state index contributed by atoms with van der Waals surface area (Å²) in [5.74, 6) is 0.726. The van der Waals surface area contributed by atoms with E-state index in [1.807, 2.05) is 26.8 Å². The van der Waals surface area contributed by atoms with Crippen LogP contribution in [0.25, 0.3) is 0 Å². The Labute approximate surface area is 168 Å².